The monoisotopic (exact) mass is 733 g/mol. The van der Waals surface area contributed by atoms with Gasteiger partial charge in [-0.05, 0) is 54.3 Å². The van der Waals surface area contributed by atoms with Gasteiger partial charge in [-0.1, -0.05) is 158 Å². The van der Waals surface area contributed by atoms with E-state index in [-0.39, 0.29) is 0 Å². The van der Waals surface area contributed by atoms with Crippen LogP contribution < -0.4 is 0 Å². The normalized spacial score (nSPS) is 12.9. The van der Waals surface area contributed by atoms with Crippen molar-refractivity contribution in [3.8, 4) is 50.7 Å². The molecule has 10 aromatic rings. The standard InChI is InChI=1S/C52H35N3S/c1-5-17-34(18-6-1)43-31-38(52-53-45(36-21-9-3-10-22-36)33-46(54-52)37-23-11-4-12-24-37)32-44(35-19-7-2-8-20-35)49(43)55-47-27-15-13-25-39(47)41-29-30-42-40-26-14-16-28-48(40)56-51(42)50(41)55/h1,3-7,9-33H,2,8H2. The van der Waals surface area contributed by atoms with Crippen LogP contribution in [0.25, 0.3) is 98.3 Å². The Hall–Kier alpha value is -6.88. The third-order valence-corrected chi connectivity index (χ3v) is 12.2. The van der Waals surface area contributed by atoms with Crippen molar-refractivity contribution in [2.75, 3.05) is 0 Å². The number of hydrogen-bond donors (Lipinski definition) is 0. The van der Waals surface area contributed by atoms with Crippen LogP contribution in [0.2, 0.25) is 0 Å². The number of aromatic nitrogens is 3. The molecule has 0 saturated heterocycles. The molecule has 1 aliphatic carbocycles. The maximum atomic E-state index is 5.32. The van der Waals surface area contributed by atoms with Crippen molar-refractivity contribution < 1.29 is 0 Å². The van der Waals surface area contributed by atoms with E-state index in [1.54, 1.807) is 0 Å². The third-order valence-electron chi connectivity index (χ3n) is 11.0. The third kappa shape index (κ3) is 5.41. The Morgan fingerprint density at radius 2 is 1.09 bits per heavy atom. The van der Waals surface area contributed by atoms with Crippen LogP contribution in [0, 0.1) is 0 Å². The molecule has 0 N–H and O–H groups in total. The number of thiophene rings is 1. The molecule has 0 bridgehead atoms. The van der Waals surface area contributed by atoms with Gasteiger partial charge < -0.3 is 4.57 Å². The summed E-state index contributed by atoms with van der Waals surface area (Å²) in [5.41, 5.74) is 13.1. The summed E-state index contributed by atoms with van der Waals surface area (Å²) in [5, 5.41) is 5.09. The molecular formula is C52H35N3S. The maximum Gasteiger partial charge on any atom is 0.160 e. The van der Waals surface area contributed by atoms with Crippen molar-refractivity contribution in [1.82, 2.24) is 14.5 Å². The largest absolute Gasteiger partial charge is 0.307 e. The van der Waals surface area contributed by atoms with Crippen molar-refractivity contribution in [3.05, 3.63) is 194 Å². The molecule has 3 heterocycles. The van der Waals surface area contributed by atoms with Gasteiger partial charge in [0.1, 0.15) is 0 Å². The van der Waals surface area contributed by atoms with Gasteiger partial charge in [-0.3, -0.25) is 0 Å². The highest BCUT2D eigenvalue weighted by molar-refractivity contribution is 7.26. The molecule has 0 spiro atoms. The Labute approximate surface area is 329 Å². The molecule has 4 heteroatoms. The Balaban J connectivity index is 1.28. The van der Waals surface area contributed by atoms with Crippen LogP contribution in [-0.2, 0) is 0 Å². The molecule has 0 aliphatic heterocycles. The number of para-hydroxylation sites is 1. The summed E-state index contributed by atoms with van der Waals surface area (Å²) in [6.07, 6.45) is 9.04. The fraction of sp³-hybridized carbons (Fsp3) is 0.0385. The molecule has 0 atom stereocenters. The molecule has 1 aliphatic rings. The lowest BCUT2D eigenvalue weighted by atomic mass is 9.90. The first kappa shape index (κ1) is 32.5. The van der Waals surface area contributed by atoms with E-state index in [4.69, 9.17) is 9.97 Å². The molecular weight excluding hydrogens is 699 g/mol. The average molecular weight is 734 g/mol. The number of allylic oxidation sites excluding steroid dienone is 4. The zero-order chi connectivity index (χ0) is 37.0. The van der Waals surface area contributed by atoms with Crippen LogP contribution in [0.5, 0.6) is 0 Å². The first-order valence-electron chi connectivity index (χ1n) is 19.2. The molecule has 264 valence electrons. The van der Waals surface area contributed by atoms with Crippen molar-refractivity contribution in [2.24, 2.45) is 0 Å². The van der Waals surface area contributed by atoms with Crippen molar-refractivity contribution in [3.63, 3.8) is 0 Å². The highest BCUT2D eigenvalue weighted by atomic mass is 32.1. The predicted molar refractivity (Wildman–Crippen MR) is 237 cm³/mol. The van der Waals surface area contributed by atoms with Crippen molar-refractivity contribution in [1.29, 1.82) is 0 Å². The van der Waals surface area contributed by atoms with Gasteiger partial charge in [0, 0.05) is 54.1 Å². The van der Waals surface area contributed by atoms with Gasteiger partial charge in [-0.2, -0.15) is 0 Å². The minimum atomic E-state index is 0.699. The summed E-state index contributed by atoms with van der Waals surface area (Å²) in [6, 6.07) is 60.9. The van der Waals surface area contributed by atoms with Gasteiger partial charge in [-0.15, -0.1) is 11.3 Å². The predicted octanol–water partition coefficient (Wildman–Crippen LogP) is 14.3. The Morgan fingerprint density at radius 3 is 1.79 bits per heavy atom. The smallest absolute Gasteiger partial charge is 0.160 e. The number of benzene rings is 7. The fourth-order valence-corrected chi connectivity index (χ4v) is 9.67. The number of nitrogens with zero attached hydrogens (tertiary/aromatic N) is 3. The average Bonchev–Trinajstić information content (AvgIpc) is 3.83. The van der Waals surface area contributed by atoms with Gasteiger partial charge in [0.2, 0.25) is 0 Å². The van der Waals surface area contributed by atoms with E-state index in [1.807, 2.05) is 23.5 Å². The zero-order valence-electron chi connectivity index (χ0n) is 30.6. The van der Waals surface area contributed by atoms with Crippen LogP contribution >= 0.6 is 11.3 Å². The summed E-state index contributed by atoms with van der Waals surface area (Å²) < 4.78 is 5.16. The molecule has 0 radical (unpaired) electrons. The van der Waals surface area contributed by atoms with E-state index in [0.717, 1.165) is 63.3 Å². The highest BCUT2D eigenvalue weighted by Gasteiger charge is 2.25. The quantitative estimate of drug-likeness (QED) is 0.170. The zero-order valence-corrected chi connectivity index (χ0v) is 31.4. The van der Waals surface area contributed by atoms with E-state index in [2.05, 4.69) is 181 Å². The van der Waals surface area contributed by atoms with Crippen LogP contribution in [-0.4, -0.2) is 14.5 Å². The second kappa shape index (κ2) is 13.5. The van der Waals surface area contributed by atoms with E-state index >= 15 is 0 Å². The van der Waals surface area contributed by atoms with Crippen LogP contribution in [0.1, 0.15) is 18.4 Å². The lowest BCUT2D eigenvalue weighted by Gasteiger charge is -2.22. The van der Waals surface area contributed by atoms with Gasteiger partial charge >= 0.3 is 0 Å². The summed E-state index contributed by atoms with van der Waals surface area (Å²) in [4.78, 5) is 10.6. The lowest BCUT2D eigenvalue weighted by Crippen LogP contribution is -2.05. The molecule has 0 saturated carbocycles. The van der Waals surface area contributed by atoms with E-state index in [9.17, 15) is 0 Å². The molecule has 11 rings (SSSR count). The molecule has 3 aromatic heterocycles. The van der Waals surface area contributed by atoms with Crippen molar-refractivity contribution in [2.45, 2.75) is 12.8 Å². The van der Waals surface area contributed by atoms with E-state index in [1.165, 1.54) is 47.6 Å². The number of hydrogen-bond acceptors (Lipinski definition) is 3. The molecule has 0 fully saturated rings. The Kier molecular flexibility index (Phi) is 7.82. The van der Waals surface area contributed by atoms with Crippen molar-refractivity contribution >= 4 is 58.9 Å². The summed E-state index contributed by atoms with van der Waals surface area (Å²) in [5.74, 6) is 0.699. The number of rotatable bonds is 6. The molecule has 3 nitrogen and oxygen atoms in total. The Bertz CT molecular complexity index is 3110. The van der Waals surface area contributed by atoms with E-state index < -0.39 is 0 Å². The van der Waals surface area contributed by atoms with Gasteiger partial charge in [0.15, 0.2) is 5.82 Å². The lowest BCUT2D eigenvalue weighted by molar-refractivity contribution is 1.04. The molecule has 7 aromatic carbocycles. The number of fused-ring (bicyclic) bond motifs is 7. The van der Waals surface area contributed by atoms with Gasteiger partial charge in [-0.25, -0.2) is 9.97 Å². The fourth-order valence-electron chi connectivity index (χ4n) is 8.43. The minimum Gasteiger partial charge on any atom is -0.307 e. The second-order valence-corrected chi connectivity index (χ2v) is 15.5. The summed E-state index contributed by atoms with van der Waals surface area (Å²) in [7, 11) is 0. The Morgan fingerprint density at radius 1 is 0.482 bits per heavy atom. The highest BCUT2D eigenvalue weighted by Crippen LogP contribution is 2.47. The first-order valence-corrected chi connectivity index (χ1v) is 20.0. The first-order chi connectivity index (χ1) is 27.8. The minimum absolute atomic E-state index is 0.699. The SMILES string of the molecule is C1=CC(c2cc(-c3nc(-c4ccccc4)cc(-c4ccccc4)n3)cc(-c3ccccc3)c2-n2c3ccccc3c3ccc4c5ccccc5sc4c32)=CCC1. The van der Waals surface area contributed by atoms with Gasteiger partial charge in [0.05, 0.1) is 32.8 Å². The molecule has 56 heavy (non-hydrogen) atoms. The summed E-state index contributed by atoms with van der Waals surface area (Å²) >= 11 is 1.89. The topological polar surface area (TPSA) is 30.7 Å². The second-order valence-electron chi connectivity index (χ2n) is 14.4. The van der Waals surface area contributed by atoms with Crippen LogP contribution in [0.3, 0.4) is 0 Å². The van der Waals surface area contributed by atoms with Crippen LogP contribution in [0.4, 0.5) is 0 Å². The maximum absolute atomic E-state index is 5.32. The molecule has 0 unspecified atom stereocenters. The summed E-state index contributed by atoms with van der Waals surface area (Å²) in [6.45, 7) is 0. The van der Waals surface area contributed by atoms with Gasteiger partial charge in [0.25, 0.3) is 0 Å². The van der Waals surface area contributed by atoms with E-state index in [0.29, 0.717) is 5.82 Å². The molecule has 0 amide bonds. The van der Waals surface area contributed by atoms with Crippen LogP contribution in [0.15, 0.2) is 188 Å².